The van der Waals surface area contributed by atoms with Crippen LogP contribution in [0, 0.1) is 10.1 Å². The van der Waals surface area contributed by atoms with E-state index in [0.717, 1.165) is 6.08 Å². The number of nitro benzene ring substituents is 1. The monoisotopic (exact) mass is 355 g/mol. The molecule has 3 rings (SSSR count). The standard InChI is InChI=1S/C17H13N3O6/c21-16(18-19-17(22)11-4-2-1-3-5-11)7-6-12-8-14-15(26-10-25-14)9-13(12)20(23)24/h1-9H,10H2,(H,18,21)(H,19,22)/b7-6+. The van der Waals surface area contributed by atoms with Crippen LogP contribution in [0.15, 0.2) is 48.5 Å². The van der Waals surface area contributed by atoms with E-state index in [1.807, 2.05) is 0 Å². The molecule has 1 aliphatic heterocycles. The molecule has 0 aromatic heterocycles. The number of amides is 2. The maximum atomic E-state index is 11.8. The van der Waals surface area contributed by atoms with Gasteiger partial charge in [-0.25, -0.2) is 0 Å². The molecule has 0 bridgehead atoms. The summed E-state index contributed by atoms with van der Waals surface area (Å²) >= 11 is 0. The Hall–Kier alpha value is -3.88. The van der Waals surface area contributed by atoms with Crippen molar-refractivity contribution in [1.82, 2.24) is 10.9 Å². The van der Waals surface area contributed by atoms with Gasteiger partial charge in [-0.15, -0.1) is 0 Å². The van der Waals surface area contributed by atoms with E-state index in [9.17, 15) is 19.7 Å². The van der Waals surface area contributed by atoms with Gasteiger partial charge in [0.1, 0.15) is 0 Å². The Balaban J connectivity index is 1.67. The Morgan fingerprint density at radius 1 is 1.08 bits per heavy atom. The highest BCUT2D eigenvalue weighted by atomic mass is 16.7. The Morgan fingerprint density at radius 2 is 1.77 bits per heavy atom. The normalized spacial score (nSPS) is 12.0. The van der Waals surface area contributed by atoms with Crippen molar-refractivity contribution in [3.8, 4) is 11.5 Å². The summed E-state index contributed by atoms with van der Waals surface area (Å²) < 4.78 is 10.3. The first kappa shape index (κ1) is 17.0. The predicted octanol–water partition coefficient (Wildman–Crippen LogP) is 1.80. The Labute approximate surface area is 147 Å². The third-order valence-electron chi connectivity index (χ3n) is 3.47. The number of rotatable bonds is 4. The molecule has 0 atom stereocenters. The van der Waals surface area contributed by atoms with Gasteiger partial charge in [0, 0.05) is 11.6 Å². The molecule has 0 spiro atoms. The summed E-state index contributed by atoms with van der Waals surface area (Å²) in [6.45, 7) is -0.0222. The van der Waals surface area contributed by atoms with Crippen LogP contribution in [0.4, 0.5) is 5.69 Å². The van der Waals surface area contributed by atoms with Gasteiger partial charge in [-0.05, 0) is 24.3 Å². The zero-order chi connectivity index (χ0) is 18.5. The summed E-state index contributed by atoms with van der Waals surface area (Å²) in [6, 6.07) is 11.0. The molecule has 1 heterocycles. The van der Waals surface area contributed by atoms with Crippen molar-refractivity contribution in [3.63, 3.8) is 0 Å². The number of carbonyl (C=O) groups is 2. The van der Waals surface area contributed by atoms with Crippen LogP contribution in [0.3, 0.4) is 0 Å². The number of hydrazine groups is 1. The van der Waals surface area contributed by atoms with Crippen molar-refractivity contribution in [2.75, 3.05) is 6.79 Å². The molecular formula is C17H13N3O6. The Morgan fingerprint density at radius 3 is 2.46 bits per heavy atom. The summed E-state index contributed by atoms with van der Waals surface area (Å²) in [5.41, 5.74) is 4.76. The zero-order valence-corrected chi connectivity index (χ0v) is 13.3. The highest BCUT2D eigenvalue weighted by Gasteiger charge is 2.22. The third-order valence-corrected chi connectivity index (χ3v) is 3.47. The number of hydrogen-bond donors (Lipinski definition) is 2. The van der Waals surface area contributed by atoms with Crippen molar-refractivity contribution < 1.29 is 24.0 Å². The first-order valence-corrected chi connectivity index (χ1v) is 7.46. The molecule has 0 saturated heterocycles. The summed E-state index contributed by atoms with van der Waals surface area (Å²) in [7, 11) is 0. The van der Waals surface area contributed by atoms with E-state index in [2.05, 4.69) is 10.9 Å². The molecule has 0 fully saturated rings. The fourth-order valence-corrected chi connectivity index (χ4v) is 2.23. The topological polar surface area (TPSA) is 120 Å². The van der Waals surface area contributed by atoms with Crippen LogP contribution in [0.25, 0.3) is 6.08 Å². The van der Waals surface area contributed by atoms with E-state index >= 15 is 0 Å². The van der Waals surface area contributed by atoms with Crippen LogP contribution in [-0.4, -0.2) is 23.5 Å². The minimum Gasteiger partial charge on any atom is -0.454 e. The molecule has 26 heavy (non-hydrogen) atoms. The van der Waals surface area contributed by atoms with E-state index in [0.29, 0.717) is 11.3 Å². The Bertz CT molecular complexity index is 895. The predicted molar refractivity (Wildman–Crippen MR) is 90.3 cm³/mol. The van der Waals surface area contributed by atoms with Crippen LogP contribution in [-0.2, 0) is 4.79 Å². The van der Waals surface area contributed by atoms with Gasteiger partial charge in [0.2, 0.25) is 6.79 Å². The fourth-order valence-electron chi connectivity index (χ4n) is 2.23. The molecule has 0 radical (unpaired) electrons. The summed E-state index contributed by atoms with van der Waals surface area (Å²) in [4.78, 5) is 34.2. The average Bonchev–Trinajstić information content (AvgIpc) is 3.11. The van der Waals surface area contributed by atoms with Crippen molar-refractivity contribution in [2.24, 2.45) is 0 Å². The number of benzene rings is 2. The lowest BCUT2D eigenvalue weighted by molar-refractivity contribution is -0.385. The number of carbonyl (C=O) groups excluding carboxylic acids is 2. The van der Waals surface area contributed by atoms with Gasteiger partial charge in [-0.2, -0.15) is 0 Å². The van der Waals surface area contributed by atoms with E-state index in [-0.39, 0.29) is 23.8 Å². The Kier molecular flexibility index (Phi) is 4.79. The van der Waals surface area contributed by atoms with Crippen molar-refractivity contribution in [1.29, 1.82) is 0 Å². The molecule has 9 nitrogen and oxygen atoms in total. The summed E-state index contributed by atoms with van der Waals surface area (Å²) in [5.74, 6) is -0.510. The fraction of sp³-hybridized carbons (Fsp3) is 0.0588. The van der Waals surface area contributed by atoms with Gasteiger partial charge in [-0.3, -0.25) is 30.6 Å². The number of nitrogens with zero attached hydrogens (tertiary/aromatic N) is 1. The van der Waals surface area contributed by atoms with Gasteiger partial charge < -0.3 is 9.47 Å². The molecule has 0 saturated carbocycles. The highest BCUT2D eigenvalue weighted by molar-refractivity contribution is 5.98. The van der Waals surface area contributed by atoms with Gasteiger partial charge in [-0.1, -0.05) is 18.2 Å². The van der Waals surface area contributed by atoms with Crippen molar-refractivity contribution in [3.05, 3.63) is 69.8 Å². The third kappa shape index (κ3) is 3.78. The van der Waals surface area contributed by atoms with E-state index in [4.69, 9.17) is 9.47 Å². The molecule has 2 aromatic carbocycles. The number of fused-ring (bicyclic) bond motifs is 1. The minimum atomic E-state index is -0.652. The molecule has 2 aromatic rings. The number of nitrogens with one attached hydrogen (secondary N) is 2. The molecule has 2 N–H and O–H groups in total. The summed E-state index contributed by atoms with van der Waals surface area (Å²) in [5, 5.41) is 11.2. The molecular weight excluding hydrogens is 342 g/mol. The molecule has 0 aliphatic carbocycles. The highest BCUT2D eigenvalue weighted by Crippen LogP contribution is 2.38. The van der Waals surface area contributed by atoms with E-state index < -0.39 is 16.7 Å². The van der Waals surface area contributed by atoms with Crippen LogP contribution in [0.1, 0.15) is 15.9 Å². The van der Waals surface area contributed by atoms with Gasteiger partial charge >= 0.3 is 0 Å². The molecule has 0 unspecified atom stereocenters. The van der Waals surface area contributed by atoms with Crippen LogP contribution in [0.2, 0.25) is 0 Å². The molecule has 132 valence electrons. The zero-order valence-electron chi connectivity index (χ0n) is 13.3. The largest absolute Gasteiger partial charge is 0.454 e. The SMILES string of the molecule is O=C(/C=C/c1cc2c(cc1[N+](=O)[O-])OCO2)NNC(=O)c1ccccc1. The van der Waals surface area contributed by atoms with Gasteiger partial charge in [0.05, 0.1) is 16.6 Å². The number of nitro groups is 1. The molecule has 1 aliphatic rings. The van der Waals surface area contributed by atoms with E-state index in [1.165, 1.54) is 18.2 Å². The number of ether oxygens (including phenoxy) is 2. The van der Waals surface area contributed by atoms with Gasteiger partial charge in [0.25, 0.3) is 17.5 Å². The average molecular weight is 355 g/mol. The second-order valence-electron chi connectivity index (χ2n) is 5.16. The van der Waals surface area contributed by atoms with Crippen LogP contribution in [0.5, 0.6) is 11.5 Å². The first-order chi connectivity index (χ1) is 12.5. The maximum Gasteiger partial charge on any atom is 0.280 e. The van der Waals surface area contributed by atoms with E-state index in [1.54, 1.807) is 30.3 Å². The van der Waals surface area contributed by atoms with Crippen LogP contribution >= 0.6 is 0 Å². The number of hydrogen-bond acceptors (Lipinski definition) is 6. The lowest BCUT2D eigenvalue weighted by Crippen LogP contribution is -2.40. The van der Waals surface area contributed by atoms with Gasteiger partial charge in [0.15, 0.2) is 11.5 Å². The second-order valence-corrected chi connectivity index (χ2v) is 5.16. The lowest BCUT2D eigenvalue weighted by Gasteiger charge is -2.05. The summed E-state index contributed by atoms with van der Waals surface area (Å²) in [6.07, 6.45) is 2.32. The minimum absolute atomic E-state index is 0.0222. The van der Waals surface area contributed by atoms with Crippen LogP contribution < -0.4 is 20.3 Å². The van der Waals surface area contributed by atoms with Crippen molar-refractivity contribution in [2.45, 2.75) is 0 Å². The maximum absolute atomic E-state index is 11.8. The second kappa shape index (κ2) is 7.34. The smallest absolute Gasteiger partial charge is 0.280 e. The van der Waals surface area contributed by atoms with Crippen molar-refractivity contribution >= 4 is 23.6 Å². The molecule has 9 heteroatoms. The lowest BCUT2D eigenvalue weighted by atomic mass is 10.1. The first-order valence-electron chi connectivity index (χ1n) is 7.46. The molecule has 2 amide bonds. The quantitative estimate of drug-likeness (QED) is 0.490.